The SMILES string of the molecule is CCOC(=O)C(=NC)c1ccc(OC)c(OC)c1. The number of benzene rings is 1. The highest BCUT2D eigenvalue weighted by atomic mass is 16.5. The predicted octanol–water partition coefficient (Wildman–Crippen LogP) is 1.69. The maximum absolute atomic E-state index is 11.7. The molecule has 0 amide bonds. The summed E-state index contributed by atoms with van der Waals surface area (Å²) in [6.07, 6.45) is 0. The van der Waals surface area contributed by atoms with Crippen LogP contribution in [-0.4, -0.2) is 39.6 Å². The van der Waals surface area contributed by atoms with Gasteiger partial charge in [0.05, 0.1) is 20.8 Å². The summed E-state index contributed by atoms with van der Waals surface area (Å²) in [5, 5.41) is 0. The third-order valence-electron chi connectivity index (χ3n) is 2.35. The Morgan fingerprint density at radius 2 is 1.89 bits per heavy atom. The van der Waals surface area contributed by atoms with Gasteiger partial charge < -0.3 is 14.2 Å². The normalized spacial score (nSPS) is 11.0. The van der Waals surface area contributed by atoms with Crippen LogP contribution in [0.4, 0.5) is 0 Å². The van der Waals surface area contributed by atoms with Gasteiger partial charge in [-0.3, -0.25) is 4.99 Å². The van der Waals surface area contributed by atoms with Gasteiger partial charge in [0.1, 0.15) is 5.71 Å². The highest BCUT2D eigenvalue weighted by molar-refractivity contribution is 6.43. The summed E-state index contributed by atoms with van der Waals surface area (Å²) < 4.78 is 15.2. The summed E-state index contributed by atoms with van der Waals surface area (Å²) in [7, 11) is 4.63. The van der Waals surface area contributed by atoms with E-state index in [2.05, 4.69) is 4.99 Å². The Kier molecular flexibility index (Phi) is 5.17. The van der Waals surface area contributed by atoms with Crippen molar-refractivity contribution >= 4 is 11.7 Å². The lowest BCUT2D eigenvalue weighted by atomic mass is 10.1. The van der Waals surface area contributed by atoms with E-state index in [4.69, 9.17) is 14.2 Å². The number of rotatable bonds is 5. The second-order valence-corrected chi connectivity index (χ2v) is 3.36. The van der Waals surface area contributed by atoms with Crippen LogP contribution < -0.4 is 9.47 Å². The molecule has 0 unspecified atom stereocenters. The van der Waals surface area contributed by atoms with Gasteiger partial charge in [0.15, 0.2) is 11.5 Å². The number of hydrogen-bond donors (Lipinski definition) is 0. The van der Waals surface area contributed by atoms with Gasteiger partial charge in [-0.2, -0.15) is 0 Å². The van der Waals surface area contributed by atoms with Gasteiger partial charge in [-0.25, -0.2) is 4.79 Å². The van der Waals surface area contributed by atoms with Crippen LogP contribution in [-0.2, 0) is 9.53 Å². The Bertz CT molecular complexity index is 454. The molecule has 1 aromatic carbocycles. The molecule has 0 saturated heterocycles. The molecule has 0 aliphatic heterocycles. The maximum Gasteiger partial charge on any atom is 0.357 e. The zero-order chi connectivity index (χ0) is 13.5. The fourth-order valence-electron chi connectivity index (χ4n) is 1.52. The molecule has 0 saturated carbocycles. The van der Waals surface area contributed by atoms with Crippen molar-refractivity contribution in [3.05, 3.63) is 23.8 Å². The van der Waals surface area contributed by atoms with Gasteiger partial charge in [-0.05, 0) is 25.1 Å². The first-order chi connectivity index (χ1) is 8.67. The van der Waals surface area contributed by atoms with Crippen molar-refractivity contribution in [3.8, 4) is 11.5 Å². The average Bonchev–Trinajstić information content (AvgIpc) is 2.39. The summed E-state index contributed by atoms with van der Waals surface area (Å²) in [5.74, 6) is 0.688. The van der Waals surface area contributed by atoms with Crippen molar-refractivity contribution in [3.63, 3.8) is 0 Å². The van der Waals surface area contributed by atoms with Gasteiger partial charge in [-0.1, -0.05) is 0 Å². The molecular formula is C13H17NO4. The lowest BCUT2D eigenvalue weighted by Crippen LogP contribution is -2.18. The highest BCUT2D eigenvalue weighted by Gasteiger charge is 2.16. The zero-order valence-electron chi connectivity index (χ0n) is 11.0. The Morgan fingerprint density at radius 1 is 1.22 bits per heavy atom. The van der Waals surface area contributed by atoms with Crippen molar-refractivity contribution in [2.45, 2.75) is 6.92 Å². The largest absolute Gasteiger partial charge is 0.493 e. The maximum atomic E-state index is 11.7. The Labute approximate surface area is 106 Å². The highest BCUT2D eigenvalue weighted by Crippen LogP contribution is 2.27. The summed E-state index contributed by atoms with van der Waals surface area (Å²) >= 11 is 0. The van der Waals surface area contributed by atoms with Crippen molar-refractivity contribution in [1.29, 1.82) is 0 Å². The number of aliphatic imine (C=N–C) groups is 1. The molecule has 0 atom stereocenters. The summed E-state index contributed by atoms with van der Waals surface area (Å²) in [6, 6.07) is 5.15. The summed E-state index contributed by atoms with van der Waals surface area (Å²) in [6.45, 7) is 2.06. The Morgan fingerprint density at radius 3 is 2.39 bits per heavy atom. The van der Waals surface area contributed by atoms with Crippen LogP contribution in [0.3, 0.4) is 0 Å². The van der Waals surface area contributed by atoms with E-state index >= 15 is 0 Å². The van der Waals surface area contributed by atoms with Gasteiger partial charge in [0, 0.05) is 12.6 Å². The lowest BCUT2D eigenvalue weighted by Gasteiger charge is -2.10. The van der Waals surface area contributed by atoms with Crippen molar-refractivity contribution < 1.29 is 19.0 Å². The summed E-state index contributed by atoms with van der Waals surface area (Å²) in [5.41, 5.74) is 0.895. The molecule has 0 N–H and O–H groups in total. The summed E-state index contributed by atoms with van der Waals surface area (Å²) in [4.78, 5) is 15.7. The van der Waals surface area contributed by atoms with Gasteiger partial charge >= 0.3 is 5.97 Å². The number of carbonyl (C=O) groups excluding carboxylic acids is 1. The molecule has 0 aliphatic carbocycles. The van der Waals surface area contributed by atoms with E-state index in [1.165, 1.54) is 7.11 Å². The molecule has 0 bridgehead atoms. The van der Waals surface area contributed by atoms with Crippen LogP contribution in [0.15, 0.2) is 23.2 Å². The smallest absolute Gasteiger partial charge is 0.357 e. The topological polar surface area (TPSA) is 57.1 Å². The van der Waals surface area contributed by atoms with Crippen molar-refractivity contribution in [2.75, 3.05) is 27.9 Å². The van der Waals surface area contributed by atoms with Gasteiger partial charge in [0.25, 0.3) is 0 Å². The quantitative estimate of drug-likeness (QED) is 0.590. The van der Waals surface area contributed by atoms with Crippen LogP contribution in [0, 0.1) is 0 Å². The number of ether oxygens (including phenoxy) is 3. The molecule has 5 heteroatoms. The molecule has 0 aromatic heterocycles. The van der Waals surface area contributed by atoms with E-state index in [0.717, 1.165) is 0 Å². The van der Waals surface area contributed by atoms with Crippen LogP contribution in [0.25, 0.3) is 0 Å². The first-order valence-corrected chi connectivity index (χ1v) is 5.54. The number of carbonyl (C=O) groups is 1. The molecule has 0 heterocycles. The van der Waals surface area contributed by atoms with Crippen LogP contribution in [0.2, 0.25) is 0 Å². The predicted molar refractivity (Wildman–Crippen MR) is 68.6 cm³/mol. The Hall–Kier alpha value is -2.04. The fourth-order valence-corrected chi connectivity index (χ4v) is 1.52. The van der Waals surface area contributed by atoms with E-state index in [1.54, 1.807) is 39.3 Å². The molecule has 18 heavy (non-hydrogen) atoms. The molecule has 5 nitrogen and oxygen atoms in total. The van der Waals surface area contributed by atoms with Crippen molar-refractivity contribution in [2.24, 2.45) is 4.99 Å². The first-order valence-electron chi connectivity index (χ1n) is 5.54. The molecule has 0 aliphatic rings. The molecule has 98 valence electrons. The number of esters is 1. The lowest BCUT2D eigenvalue weighted by molar-refractivity contribution is -0.134. The van der Waals surface area contributed by atoms with Gasteiger partial charge in [0.2, 0.25) is 0 Å². The molecule has 1 rings (SSSR count). The van der Waals surface area contributed by atoms with E-state index in [1.807, 2.05) is 0 Å². The molecular weight excluding hydrogens is 234 g/mol. The minimum absolute atomic E-state index is 0.262. The molecule has 0 fully saturated rings. The second kappa shape index (κ2) is 6.64. The molecule has 0 spiro atoms. The number of methoxy groups -OCH3 is 2. The van der Waals surface area contributed by atoms with E-state index in [9.17, 15) is 4.79 Å². The Balaban J connectivity index is 3.12. The van der Waals surface area contributed by atoms with Gasteiger partial charge in [-0.15, -0.1) is 0 Å². The second-order valence-electron chi connectivity index (χ2n) is 3.36. The first kappa shape index (κ1) is 14.0. The monoisotopic (exact) mass is 251 g/mol. The third-order valence-corrected chi connectivity index (χ3v) is 2.35. The minimum Gasteiger partial charge on any atom is -0.493 e. The number of nitrogens with zero attached hydrogens (tertiary/aromatic N) is 1. The van der Waals surface area contributed by atoms with Crippen LogP contribution in [0.1, 0.15) is 12.5 Å². The van der Waals surface area contributed by atoms with E-state index in [0.29, 0.717) is 23.7 Å². The van der Waals surface area contributed by atoms with E-state index < -0.39 is 5.97 Å². The average molecular weight is 251 g/mol. The standard InChI is InChI=1S/C13H17NO4/c1-5-18-13(15)12(14-2)9-6-7-10(16-3)11(8-9)17-4/h6-8H,5H2,1-4H3. The van der Waals surface area contributed by atoms with E-state index in [-0.39, 0.29) is 5.71 Å². The van der Waals surface area contributed by atoms with Crippen LogP contribution >= 0.6 is 0 Å². The number of hydrogen-bond acceptors (Lipinski definition) is 5. The fraction of sp³-hybridized carbons (Fsp3) is 0.385. The molecule has 0 radical (unpaired) electrons. The van der Waals surface area contributed by atoms with Crippen molar-refractivity contribution in [1.82, 2.24) is 0 Å². The minimum atomic E-state index is -0.452. The molecule has 1 aromatic rings. The zero-order valence-corrected chi connectivity index (χ0v) is 11.0. The van der Waals surface area contributed by atoms with Crippen LogP contribution in [0.5, 0.6) is 11.5 Å². The third kappa shape index (κ3) is 3.00.